The summed E-state index contributed by atoms with van der Waals surface area (Å²) in [6.07, 6.45) is 1.72. The lowest BCUT2D eigenvalue weighted by Gasteiger charge is -2.34. The SMILES string of the molecule is CCOc1ccccc1N(CCCC(=O)N(Cc1cccc(OC)c1)C(Cc1ccccc1)C(=O)NC(C)(C)C)S(C)(=O)=O. The quantitative estimate of drug-likeness (QED) is 0.250. The van der Waals surface area contributed by atoms with E-state index in [0.717, 1.165) is 17.4 Å². The molecule has 0 saturated heterocycles. The number of nitrogens with one attached hydrogen (secondary N) is 1. The number of carbonyl (C=O) groups is 2. The van der Waals surface area contributed by atoms with Crippen molar-refractivity contribution in [2.24, 2.45) is 0 Å². The van der Waals surface area contributed by atoms with Crippen LogP contribution in [-0.4, -0.2) is 63.2 Å². The highest BCUT2D eigenvalue weighted by Gasteiger charge is 2.32. The van der Waals surface area contributed by atoms with E-state index in [1.54, 1.807) is 36.3 Å². The third-order valence-corrected chi connectivity index (χ3v) is 8.02. The van der Waals surface area contributed by atoms with E-state index in [1.165, 1.54) is 4.31 Å². The number of methoxy groups -OCH3 is 1. The summed E-state index contributed by atoms with van der Waals surface area (Å²) in [5.41, 5.74) is 1.63. The highest BCUT2D eigenvalue weighted by atomic mass is 32.2. The van der Waals surface area contributed by atoms with Crippen LogP contribution in [0.2, 0.25) is 0 Å². The zero-order valence-corrected chi connectivity index (χ0v) is 27.4. The number of carbonyl (C=O) groups excluding carboxylic acids is 2. The van der Waals surface area contributed by atoms with E-state index in [9.17, 15) is 18.0 Å². The molecule has 3 aromatic carbocycles. The van der Waals surface area contributed by atoms with Gasteiger partial charge in [0.25, 0.3) is 0 Å². The van der Waals surface area contributed by atoms with Crippen molar-refractivity contribution < 1.29 is 27.5 Å². The number of hydrogen-bond acceptors (Lipinski definition) is 6. The summed E-state index contributed by atoms with van der Waals surface area (Å²) in [6.45, 7) is 8.16. The average molecular weight is 624 g/mol. The molecule has 0 saturated carbocycles. The smallest absolute Gasteiger partial charge is 0.243 e. The van der Waals surface area contributed by atoms with Crippen LogP contribution in [0.15, 0.2) is 78.9 Å². The molecule has 3 rings (SSSR count). The molecule has 1 N–H and O–H groups in total. The lowest BCUT2D eigenvalue weighted by Crippen LogP contribution is -2.54. The van der Waals surface area contributed by atoms with Gasteiger partial charge in [0.2, 0.25) is 21.8 Å². The lowest BCUT2D eigenvalue weighted by atomic mass is 10.00. The van der Waals surface area contributed by atoms with Gasteiger partial charge in [0, 0.05) is 31.5 Å². The second-order valence-electron chi connectivity index (χ2n) is 11.7. The van der Waals surface area contributed by atoms with Crippen LogP contribution >= 0.6 is 0 Å². The van der Waals surface area contributed by atoms with Gasteiger partial charge in [-0.15, -0.1) is 0 Å². The Kier molecular flexibility index (Phi) is 12.2. The van der Waals surface area contributed by atoms with E-state index in [2.05, 4.69) is 5.32 Å². The molecule has 0 aromatic heterocycles. The second-order valence-corrected chi connectivity index (χ2v) is 13.6. The van der Waals surface area contributed by atoms with Crippen molar-refractivity contribution in [2.45, 2.75) is 65.1 Å². The Labute approximate surface area is 262 Å². The summed E-state index contributed by atoms with van der Waals surface area (Å²) in [5.74, 6) is 0.573. The summed E-state index contributed by atoms with van der Waals surface area (Å²) in [6, 6.07) is 23.1. The van der Waals surface area contributed by atoms with E-state index >= 15 is 0 Å². The van der Waals surface area contributed by atoms with Crippen LogP contribution in [0.3, 0.4) is 0 Å². The van der Waals surface area contributed by atoms with Gasteiger partial charge < -0.3 is 19.7 Å². The van der Waals surface area contributed by atoms with Gasteiger partial charge in [-0.05, 0) is 69.5 Å². The first-order chi connectivity index (χ1) is 20.8. The first-order valence-electron chi connectivity index (χ1n) is 14.8. The Morgan fingerprint density at radius 1 is 0.932 bits per heavy atom. The van der Waals surface area contributed by atoms with Crippen molar-refractivity contribution in [3.63, 3.8) is 0 Å². The van der Waals surface area contributed by atoms with Gasteiger partial charge >= 0.3 is 0 Å². The summed E-state index contributed by atoms with van der Waals surface area (Å²) >= 11 is 0. The number of sulfonamides is 1. The maximum atomic E-state index is 14.1. The van der Waals surface area contributed by atoms with E-state index in [1.807, 2.05) is 82.3 Å². The van der Waals surface area contributed by atoms with Crippen molar-refractivity contribution in [2.75, 3.05) is 30.8 Å². The molecule has 0 aliphatic rings. The normalized spacial score (nSPS) is 12.2. The number of hydrogen-bond donors (Lipinski definition) is 1. The number of para-hydroxylation sites is 2. The molecule has 0 aliphatic heterocycles. The standard InChI is InChI=1S/C34H45N3O6S/c1-7-43-31-20-12-11-19-29(31)37(44(6,40)41)22-14-21-32(38)36(25-27-17-13-18-28(23-27)42-5)30(33(39)35-34(2,3)4)24-26-15-9-8-10-16-26/h8-13,15-20,23,30H,7,14,21-22,24-25H2,1-6H3,(H,35,39). The van der Waals surface area contributed by atoms with Gasteiger partial charge in [0.15, 0.2) is 0 Å². The number of nitrogens with zero attached hydrogens (tertiary/aromatic N) is 2. The molecule has 2 amide bonds. The van der Waals surface area contributed by atoms with Crippen molar-refractivity contribution in [3.05, 3.63) is 90.0 Å². The Morgan fingerprint density at radius 2 is 1.59 bits per heavy atom. The third-order valence-electron chi connectivity index (χ3n) is 6.84. The molecule has 9 nitrogen and oxygen atoms in total. The molecule has 1 atom stereocenters. The Balaban J connectivity index is 1.93. The van der Waals surface area contributed by atoms with E-state index in [0.29, 0.717) is 30.2 Å². The number of anilines is 1. The Hall–Kier alpha value is -4.05. The molecular weight excluding hydrogens is 578 g/mol. The Bertz CT molecular complexity index is 1490. The number of ether oxygens (including phenoxy) is 2. The van der Waals surface area contributed by atoms with Crippen LogP contribution in [0.25, 0.3) is 0 Å². The van der Waals surface area contributed by atoms with Crippen LogP contribution in [0.5, 0.6) is 11.5 Å². The lowest BCUT2D eigenvalue weighted by molar-refractivity contribution is -0.142. The fourth-order valence-corrected chi connectivity index (χ4v) is 5.87. The van der Waals surface area contributed by atoms with Crippen LogP contribution in [0.1, 0.15) is 51.7 Å². The minimum atomic E-state index is -3.67. The van der Waals surface area contributed by atoms with Gasteiger partial charge in [-0.1, -0.05) is 54.6 Å². The van der Waals surface area contributed by atoms with Crippen LogP contribution in [-0.2, 0) is 32.6 Å². The molecule has 44 heavy (non-hydrogen) atoms. The molecular formula is C34H45N3O6S. The molecule has 0 radical (unpaired) electrons. The topological polar surface area (TPSA) is 105 Å². The first-order valence-corrected chi connectivity index (χ1v) is 16.6. The molecule has 0 bridgehead atoms. The van der Waals surface area contributed by atoms with E-state index in [4.69, 9.17) is 9.47 Å². The summed E-state index contributed by atoms with van der Waals surface area (Å²) in [4.78, 5) is 29.5. The summed E-state index contributed by atoms with van der Waals surface area (Å²) in [7, 11) is -2.10. The molecule has 1 unspecified atom stereocenters. The first kappa shape index (κ1) is 34.4. The van der Waals surface area contributed by atoms with E-state index in [-0.39, 0.29) is 37.7 Å². The van der Waals surface area contributed by atoms with Gasteiger partial charge in [-0.3, -0.25) is 13.9 Å². The zero-order valence-electron chi connectivity index (χ0n) is 26.6. The van der Waals surface area contributed by atoms with Gasteiger partial charge in [-0.2, -0.15) is 0 Å². The van der Waals surface area contributed by atoms with Gasteiger partial charge in [0.1, 0.15) is 17.5 Å². The zero-order chi connectivity index (χ0) is 32.3. The van der Waals surface area contributed by atoms with Crippen LogP contribution in [0, 0.1) is 0 Å². The summed E-state index contributed by atoms with van der Waals surface area (Å²) in [5, 5.41) is 3.06. The maximum Gasteiger partial charge on any atom is 0.243 e. The van der Waals surface area contributed by atoms with Gasteiger partial charge in [-0.25, -0.2) is 8.42 Å². The van der Waals surface area contributed by atoms with Crippen molar-refractivity contribution in [3.8, 4) is 11.5 Å². The highest BCUT2D eigenvalue weighted by Crippen LogP contribution is 2.30. The average Bonchev–Trinajstić information content (AvgIpc) is 2.97. The molecule has 3 aromatic rings. The summed E-state index contributed by atoms with van der Waals surface area (Å²) < 4.78 is 38.0. The minimum absolute atomic E-state index is 0.0286. The largest absolute Gasteiger partial charge is 0.497 e. The Morgan fingerprint density at radius 3 is 2.23 bits per heavy atom. The van der Waals surface area contributed by atoms with Crippen molar-refractivity contribution >= 4 is 27.5 Å². The number of benzene rings is 3. The molecule has 0 heterocycles. The number of amides is 2. The fraction of sp³-hybridized carbons (Fsp3) is 0.412. The highest BCUT2D eigenvalue weighted by molar-refractivity contribution is 7.92. The van der Waals surface area contributed by atoms with Crippen LogP contribution < -0.4 is 19.1 Å². The van der Waals surface area contributed by atoms with Crippen molar-refractivity contribution in [1.82, 2.24) is 10.2 Å². The van der Waals surface area contributed by atoms with Gasteiger partial charge in [0.05, 0.1) is 25.7 Å². The van der Waals surface area contributed by atoms with E-state index < -0.39 is 21.6 Å². The van der Waals surface area contributed by atoms with Crippen molar-refractivity contribution in [1.29, 1.82) is 0 Å². The predicted molar refractivity (Wildman–Crippen MR) is 174 cm³/mol. The third kappa shape index (κ3) is 10.3. The monoisotopic (exact) mass is 623 g/mol. The fourth-order valence-electron chi connectivity index (χ4n) is 4.90. The minimum Gasteiger partial charge on any atom is -0.497 e. The predicted octanol–water partition coefficient (Wildman–Crippen LogP) is 5.19. The molecule has 0 fully saturated rings. The molecule has 0 aliphatic carbocycles. The second kappa shape index (κ2) is 15.6. The number of rotatable bonds is 15. The van der Waals surface area contributed by atoms with Crippen LogP contribution in [0.4, 0.5) is 5.69 Å². The molecule has 0 spiro atoms. The maximum absolute atomic E-state index is 14.1. The molecule has 238 valence electrons. The molecule has 10 heteroatoms.